The van der Waals surface area contributed by atoms with E-state index < -0.39 is 17.5 Å². The number of aliphatic hydroxyl groups is 2. The van der Waals surface area contributed by atoms with Crippen molar-refractivity contribution in [2.24, 2.45) is 5.41 Å². The molecular weight excluding hydrogens is 260 g/mol. The summed E-state index contributed by atoms with van der Waals surface area (Å²) in [6, 6.07) is 6.83. The molecule has 0 unspecified atom stereocenters. The van der Waals surface area contributed by atoms with Crippen molar-refractivity contribution in [3.05, 3.63) is 42.0 Å². The van der Waals surface area contributed by atoms with E-state index in [1.54, 1.807) is 38.1 Å². The summed E-state index contributed by atoms with van der Waals surface area (Å²) in [6.45, 7) is 3.67. The average molecular weight is 280 g/mol. The molecule has 0 radical (unpaired) electrons. The van der Waals surface area contributed by atoms with Crippen LogP contribution < -0.4 is 4.74 Å². The highest BCUT2D eigenvalue weighted by atomic mass is 16.5. The van der Waals surface area contributed by atoms with Crippen LogP contribution in [0.15, 0.2) is 36.4 Å². The lowest BCUT2D eigenvalue weighted by Crippen LogP contribution is -2.20. The second-order valence-electron chi connectivity index (χ2n) is 5.04. The van der Waals surface area contributed by atoms with E-state index in [1.165, 1.54) is 6.08 Å². The van der Waals surface area contributed by atoms with Gasteiger partial charge in [0.05, 0.1) is 12.7 Å². The number of carboxylic acids is 1. The molecule has 5 heteroatoms. The molecule has 0 aromatic heterocycles. The highest BCUT2D eigenvalue weighted by Gasteiger charge is 2.26. The third-order valence-corrected chi connectivity index (χ3v) is 2.92. The van der Waals surface area contributed by atoms with Crippen molar-refractivity contribution >= 4 is 5.97 Å². The summed E-state index contributed by atoms with van der Waals surface area (Å²) in [5.41, 5.74) is -0.0346. The lowest BCUT2D eigenvalue weighted by atomic mass is 9.82. The maximum absolute atomic E-state index is 10.5. The van der Waals surface area contributed by atoms with Crippen LogP contribution >= 0.6 is 0 Å². The molecule has 0 amide bonds. The Morgan fingerprint density at radius 3 is 2.45 bits per heavy atom. The quantitative estimate of drug-likeness (QED) is 0.662. The Kier molecular flexibility index (Phi) is 5.73. The van der Waals surface area contributed by atoms with Gasteiger partial charge in [0.25, 0.3) is 0 Å². The molecule has 1 aromatic rings. The van der Waals surface area contributed by atoms with E-state index in [1.807, 2.05) is 0 Å². The van der Waals surface area contributed by atoms with Gasteiger partial charge in [-0.05, 0) is 17.7 Å². The van der Waals surface area contributed by atoms with E-state index >= 15 is 0 Å². The summed E-state index contributed by atoms with van der Waals surface area (Å²) in [7, 11) is 0. The van der Waals surface area contributed by atoms with E-state index in [0.717, 1.165) is 6.08 Å². The van der Waals surface area contributed by atoms with Crippen LogP contribution in [0.2, 0.25) is 0 Å². The third-order valence-electron chi connectivity index (χ3n) is 2.92. The first-order chi connectivity index (χ1) is 9.36. The highest BCUT2D eigenvalue weighted by Crippen LogP contribution is 2.35. The number of aliphatic carboxylic acids is 1. The fourth-order valence-electron chi connectivity index (χ4n) is 1.72. The van der Waals surface area contributed by atoms with Crippen LogP contribution in [-0.2, 0) is 4.79 Å². The smallest absolute Gasteiger partial charge is 0.327 e. The fourth-order valence-corrected chi connectivity index (χ4v) is 1.72. The van der Waals surface area contributed by atoms with Crippen molar-refractivity contribution < 1.29 is 24.9 Å². The zero-order valence-electron chi connectivity index (χ0n) is 11.6. The summed E-state index contributed by atoms with van der Waals surface area (Å²) in [4.78, 5) is 10.5. The van der Waals surface area contributed by atoms with Gasteiger partial charge in [0.15, 0.2) is 0 Å². The molecule has 0 aliphatic heterocycles. The first kappa shape index (κ1) is 16.2. The second-order valence-corrected chi connectivity index (χ2v) is 5.04. The van der Waals surface area contributed by atoms with Crippen molar-refractivity contribution in [1.82, 2.24) is 0 Å². The molecule has 1 rings (SSSR count). The molecule has 1 aromatic carbocycles. The monoisotopic (exact) mass is 280 g/mol. The molecule has 20 heavy (non-hydrogen) atoms. The highest BCUT2D eigenvalue weighted by molar-refractivity contribution is 5.79. The van der Waals surface area contributed by atoms with Gasteiger partial charge >= 0.3 is 5.97 Å². The second kappa shape index (κ2) is 7.07. The van der Waals surface area contributed by atoms with Gasteiger partial charge in [0, 0.05) is 11.5 Å². The first-order valence-electron chi connectivity index (χ1n) is 6.30. The number of hydrogen-bond acceptors (Lipinski definition) is 4. The van der Waals surface area contributed by atoms with Crippen LogP contribution in [0.1, 0.15) is 25.5 Å². The summed E-state index contributed by atoms with van der Waals surface area (Å²) in [5, 5.41) is 27.6. The van der Waals surface area contributed by atoms with E-state index in [2.05, 4.69) is 0 Å². The van der Waals surface area contributed by atoms with Crippen LogP contribution in [0.25, 0.3) is 0 Å². The Morgan fingerprint density at radius 2 is 1.95 bits per heavy atom. The molecule has 5 nitrogen and oxygen atoms in total. The lowest BCUT2D eigenvalue weighted by Gasteiger charge is -2.27. The maximum atomic E-state index is 10.5. The number of aliphatic hydroxyl groups excluding tert-OH is 2. The average Bonchev–Trinajstić information content (AvgIpc) is 2.43. The molecule has 0 aliphatic rings. The Bertz CT molecular complexity index is 462. The minimum atomic E-state index is -1.04. The number of hydrogen-bond donors (Lipinski definition) is 3. The Hall–Kier alpha value is -1.85. The van der Waals surface area contributed by atoms with Crippen molar-refractivity contribution in [3.63, 3.8) is 0 Å². The van der Waals surface area contributed by atoms with Crippen molar-refractivity contribution in [2.45, 2.75) is 20.0 Å². The van der Waals surface area contributed by atoms with Crippen LogP contribution in [-0.4, -0.2) is 34.5 Å². The van der Waals surface area contributed by atoms with Gasteiger partial charge in [-0.2, -0.15) is 0 Å². The third kappa shape index (κ3) is 4.68. The van der Waals surface area contributed by atoms with Gasteiger partial charge in [0.2, 0.25) is 0 Å². The van der Waals surface area contributed by atoms with Gasteiger partial charge in [-0.25, -0.2) is 4.79 Å². The van der Waals surface area contributed by atoms with Crippen LogP contribution in [0.5, 0.6) is 5.75 Å². The van der Waals surface area contributed by atoms with E-state index in [9.17, 15) is 9.90 Å². The summed E-state index contributed by atoms with van der Waals surface area (Å²) in [6.07, 6.45) is 1.67. The largest absolute Gasteiger partial charge is 0.491 e. The van der Waals surface area contributed by atoms with Crippen LogP contribution in [0.4, 0.5) is 0 Å². The topological polar surface area (TPSA) is 87.0 Å². The zero-order chi connectivity index (χ0) is 15.2. The van der Waals surface area contributed by atoms with E-state index in [4.69, 9.17) is 14.9 Å². The molecule has 0 fully saturated rings. The van der Waals surface area contributed by atoms with Gasteiger partial charge in [0.1, 0.15) is 12.4 Å². The zero-order valence-corrected chi connectivity index (χ0v) is 11.6. The number of ether oxygens (including phenoxy) is 1. The molecule has 0 saturated carbocycles. The molecule has 3 N–H and O–H groups in total. The first-order valence-corrected chi connectivity index (χ1v) is 6.30. The van der Waals surface area contributed by atoms with Gasteiger partial charge in [-0.15, -0.1) is 0 Å². The molecule has 110 valence electrons. The Balaban J connectivity index is 2.80. The standard InChI is InChI=1S/C15H20O5/c1-15(2,8-7-13(17)18)14(19)11-3-5-12(6-4-11)20-10-9-16/h3-8,14,16,19H,9-10H2,1-2H3,(H,17,18)/b8-7+/t14-/m1/s1. The number of benzene rings is 1. The minimum Gasteiger partial charge on any atom is -0.491 e. The predicted octanol–water partition coefficient (Wildman–Crippen LogP) is 1.76. The fraction of sp³-hybridized carbons (Fsp3) is 0.400. The van der Waals surface area contributed by atoms with Gasteiger partial charge in [-0.1, -0.05) is 32.1 Å². The Labute approximate surface area is 118 Å². The van der Waals surface area contributed by atoms with Crippen LogP contribution in [0.3, 0.4) is 0 Å². The lowest BCUT2D eigenvalue weighted by molar-refractivity contribution is -0.131. The molecule has 0 saturated heterocycles. The van der Waals surface area contributed by atoms with E-state index in [0.29, 0.717) is 11.3 Å². The molecule has 0 aliphatic carbocycles. The predicted molar refractivity (Wildman–Crippen MR) is 74.5 cm³/mol. The summed E-state index contributed by atoms with van der Waals surface area (Å²) in [5.74, 6) is -0.438. The molecular formula is C15H20O5. The SMILES string of the molecule is CC(C)(/C=C/C(=O)O)[C@H](O)c1ccc(OCCO)cc1. The number of rotatable bonds is 7. The molecule has 0 heterocycles. The maximum Gasteiger partial charge on any atom is 0.327 e. The van der Waals surface area contributed by atoms with Gasteiger partial charge < -0.3 is 20.1 Å². The summed E-state index contributed by atoms with van der Waals surface area (Å²) >= 11 is 0. The minimum absolute atomic E-state index is 0.0581. The van der Waals surface area contributed by atoms with Crippen molar-refractivity contribution in [3.8, 4) is 5.75 Å². The molecule has 1 atom stereocenters. The summed E-state index contributed by atoms with van der Waals surface area (Å²) < 4.78 is 5.23. The molecule has 0 bridgehead atoms. The normalized spacial score (nSPS) is 13.4. The van der Waals surface area contributed by atoms with Gasteiger partial charge in [-0.3, -0.25) is 0 Å². The van der Waals surface area contributed by atoms with Crippen LogP contribution in [0, 0.1) is 5.41 Å². The van der Waals surface area contributed by atoms with E-state index in [-0.39, 0.29) is 13.2 Å². The molecule has 0 spiro atoms. The Morgan fingerprint density at radius 1 is 1.35 bits per heavy atom. The number of carboxylic acid groups (broad SMARTS) is 1. The van der Waals surface area contributed by atoms with Crippen molar-refractivity contribution in [2.75, 3.05) is 13.2 Å². The number of carbonyl (C=O) groups is 1. The van der Waals surface area contributed by atoms with Crippen molar-refractivity contribution in [1.29, 1.82) is 0 Å².